The number of rotatable bonds is 1. The van der Waals surface area contributed by atoms with Gasteiger partial charge >= 0.3 is 6.36 Å². The Bertz CT molecular complexity index is 522. The van der Waals surface area contributed by atoms with Crippen molar-refractivity contribution in [3.05, 3.63) is 41.4 Å². The van der Waals surface area contributed by atoms with Crippen molar-refractivity contribution in [3.63, 3.8) is 0 Å². The topological polar surface area (TPSA) is 9.23 Å². The minimum atomic E-state index is -4.70. The average molecular weight is 247 g/mol. The Morgan fingerprint density at radius 2 is 1.56 bits per heavy atom. The number of fused-ring (bicyclic) bond motifs is 1. The zero-order valence-electron chi connectivity index (χ0n) is 7.88. The van der Waals surface area contributed by atoms with E-state index in [1.165, 1.54) is 18.2 Å². The van der Waals surface area contributed by atoms with Crippen molar-refractivity contribution in [3.8, 4) is 5.75 Å². The van der Waals surface area contributed by atoms with Gasteiger partial charge in [0, 0.05) is 15.8 Å². The van der Waals surface area contributed by atoms with Crippen molar-refractivity contribution in [2.24, 2.45) is 0 Å². The van der Waals surface area contributed by atoms with Gasteiger partial charge in [-0.05, 0) is 12.1 Å². The third kappa shape index (κ3) is 2.22. The minimum absolute atomic E-state index is 0.243. The molecule has 0 atom stereocenters. The summed E-state index contributed by atoms with van der Waals surface area (Å²) in [6.07, 6.45) is -4.70. The first-order valence-electron chi connectivity index (χ1n) is 4.40. The highest BCUT2D eigenvalue weighted by atomic mass is 35.5. The van der Waals surface area contributed by atoms with Gasteiger partial charge in [0.2, 0.25) is 0 Å². The molecule has 0 aliphatic heterocycles. The van der Waals surface area contributed by atoms with E-state index >= 15 is 0 Å². The molecule has 84 valence electrons. The number of halogens is 4. The molecule has 16 heavy (non-hydrogen) atoms. The lowest BCUT2D eigenvalue weighted by molar-refractivity contribution is -0.274. The second-order valence-corrected chi connectivity index (χ2v) is 3.55. The van der Waals surface area contributed by atoms with Gasteiger partial charge in [-0.25, -0.2) is 0 Å². The number of benzene rings is 2. The van der Waals surface area contributed by atoms with Gasteiger partial charge in [-0.1, -0.05) is 35.9 Å². The van der Waals surface area contributed by atoms with Crippen LogP contribution in [0.5, 0.6) is 5.75 Å². The fourth-order valence-corrected chi connectivity index (χ4v) is 1.68. The molecule has 0 bridgehead atoms. The molecule has 2 aromatic rings. The summed E-state index contributed by atoms with van der Waals surface area (Å²) in [5, 5.41) is 1.27. The Hall–Kier alpha value is -1.42. The van der Waals surface area contributed by atoms with Gasteiger partial charge in [0.05, 0.1) is 0 Å². The summed E-state index contributed by atoms with van der Waals surface area (Å²) >= 11 is 5.86. The van der Waals surface area contributed by atoms with Crippen LogP contribution in [0.4, 0.5) is 13.2 Å². The zero-order valence-corrected chi connectivity index (χ0v) is 8.64. The molecule has 0 fully saturated rings. The largest absolute Gasteiger partial charge is 0.573 e. The number of hydrogen-bond acceptors (Lipinski definition) is 1. The fraction of sp³-hybridized carbons (Fsp3) is 0.0909. The quantitative estimate of drug-likeness (QED) is 0.725. The van der Waals surface area contributed by atoms with E-state index in [-0.39, 0.29) is 5.75 Å². The summed E-state index contributed by atoms with van der Waals surface area (Å²) in [6, 6.07) is 9.08. The molecule has 0 amide bonds. The van der Waals surface area contributed by atoms with Gasteiger partial charge in [0.15, 0.2) is 0 Å². The summed E-state index contributed by atoms with van der Waals surface area (Å²) in [5.74, 6) is -0.243. The predicted octanol–water partition coefficient (Wildman–Crippen LogP) is 4.39. The van der Waals surface area contributed by atoms with Crippen LogP contribution in [0.1, 0.15) is 0 Å². The molecule has 0 saturated heterocycles. The van der Waals surface area contributed by atoms with Crippen molar-refractivity contribution in [2.45, 2.75) is 6.36 Å². The molecule has 2 aromatic carbocycles. The molecule has 0 radical (unpaired) electrons. The van der Waals surface area contributed by atoms with E-state index in [1.807, 2.05) is 0 Å². The monoisotopic (exact) mass is 246 g/mol. The van der Waals surface area contributed by atoms with Crippen LogP contribution in [0.3, 0.4) is 0 Å². The Balaban J connectivity index is 2.59. The van der Waals surface area contributed by atoms with Crippen LogP contribution in [0, 0.1) is 0 Å². The second kappa shape index (κ2) is 3.87. The highest BCUT2D eigenvalue weighted by Gasteiger charge is 2.31. The SMILES string of the molecule is FC(F)(F)Oc1ccc(Cl)c2ccccc12. The first-order chi connectivity index (χ1) is 7.47. The molecule has 0 unspecified atom stereocenters. The highest BCUT2D eigenvalue weighted by Crippen LogP contribution is 2.34. The normalized spacial score (nSPS) is 11.8. The number of ether oxygens (including phenoxy) is 1. The fourth-order valence-electron chi connectivity index (χ4n) is 1.45. The van der Waals surface area contributed by atoms with Crippen molar-refractivity contribution < 1.29 is 17.9 Å². The van der Waals surface area contributed by atoms with Crippen LogP contribution in [-0.4, -0.2) is 6.36 Å². The molecule has 5 heteroatoms. The maximum Gasteiger partial charge on any atom is 0.573 e. The lowest BCUT2D eigenvalue weighted by Gasteiger charge is -2.11. The summed E-state index contributed by atoms with van der Waals surface area (Å²) in [6.45, 7) is 0. The smallest absolute Gasteiger partial charge is 0.405 e. The van der Waals surface area contributed by atoms with Gasteiger partial charge < -0.3 is 4.74 Å². The van der Waals surface area contributed by atoms with Crippen LogP contribution < -0.4 is 4.74 Å². The third-order valence-corrected chi connectivity index (χ3v) is 2.39. The van der Waals surface area contributed by atoms with Crippen LogP contribution in [0.2, 0.25) is 5.02 Å². The highest BCUT2D eigenvalue weighted by molar-refractivity contribution is 6.35. The molecule has 0 aliphatic carbocycles. The third-order valence-electron chi connectivity index (χ3n) is 2.06. The standard InChI is InChI=1S/C11H6ClF3O/c12-9-5-6-10(16-11(13,14)15)8-4-2-1-3-7(8)9/h1-6H. The van der Waals surface area contributed by atoms with E-state index < -0.39 is 6.36 Å². The van der Waals surface area contributed by atoms with Crippen molar-refractivity contribution in [1.82, 2.24) is 0 Å². The maximum absolute atomic E-state index is 12.1. The molecule has 1 nitrogen and oxygen atoms in total. The van der Waals surface area contributed by atoms with Crippen molar-refractivity contribution >= 4 is 22.4 Å². The zero-order chi connectivity index (χ0) is 11.8. The summed E-state index contributed by atoms with van der Waals surface area (Å²) in [4.78, 5) is 0. The maximum atomic E-state index is 12.1. The Kier molecular flexibility index (Phi) is 2.68. The molecular formula is C11H6ClF3O. The Labute approximate surface area is 94.4 Å². The first-order valence-corrected chi connectivity index (χ1v) is 4.78. The van der Waals surface area contributed by atoms with Gasteiger partial charge in [-0.15, -0.1) is 13.2 Å². The van der Waals surface area contributed by atoms with E-state index in [9.17, 15) is 13.2 Å². The van der Waals surface area contributed by atoms with E-state index in [0.29, 0.717) is 15.8 Å². The van der Waals surface area contributed by atoms with E-state index in [1.54, 1.807) is 18.2 Å². The molecule has 0 aliphatic rings. The lowest BCUT2D eigenvalue weighted by atomic mass is 10.1. The number of hydrogen-bond donors (Lipinski definition) is 0. The van der Waals surface area contributed by atoms with E-state index in [2.05, 4.69) is 4.74 Å². The van der Waals surface area contributed by atoms with E-state index in [4.69, 9.17) is 11.6 Å². The molecule has 0 saturated carbocycles. The Morgan fingerprint density at radius 1 is 0.938 bits per heavy atom. The van der Waals surface area contributed by atoms with Crippen LogP contribution >= 0.6 is 11.6 Å². The number of alkyl halides is 3. The van der Waals surface area contributed by atoms with Crippen molar-refractivity contribution in [2.75, 3.05) is 0 Å². The molecule has 0 spiro atoms. The molecule has 0 N–H and O–H groups in total. The van der Waals surface area contributed by atoms with Gasteiger partial charge in [0.25, 0.3) is 0 Å². The molecule has 0 heterocycles. The summed E-state index contributed by atoms with van der Waals surface area (Å²) in [5.41, 5.74) is 0. The van der Waals surface area contributed by atoms with E-state index in [0.717, 1.165) is 0 Å². The van der Waals surface area contributed by atoms with Gasteiger partial charge in [0.1, 0.15) is 5.75 Å². The first kappa shape index (κ1) is 11.1. The molecule has 0 aromatic heterocycles. The van der Waals surface area contributed by atoms with Crippen LogP contribution in [0.15, 0.2) is 36.4 Å². The molecule has 2 rings (SSSR count). The predicted molar refractivity (Wildman–Crippen MR) is 55.6 cm³/mol. The summed E-state index contributed by atoms with van der Waals surface area (Å²) in [7, 11) is 0. The summed E-state index contributed by atoms with van der Waals surface area (Å²) < 4.78 is 40.3. The second-order valence-electron chi connectivity index (χ2n) is 3.14. The van der Waals surface area contributed by atoms with Crippen LogP contribution in [-0.2, 0) is 0 Å². The lowest BCUT2D eigenvalue weighted by Crippen LogP contribution is -2.17. The minimum Gasteiger partial charge on any atom is -0.405 e. The van der Waals surface area contributed by atoms with Crippen LogP contribution in [0.25, 0.3) is 10.8 Å². The van der Waals surface area contributed by atoms with Gasteiger partial charge in [-0.3, -0.25) is 0 Å². The average Bonchev–Trinajstić information content (AvgIpc) is 2.21. The molecular weight excluding hydrogens is 241 g/mol. The van der Waals surface area contributed by atoms with Crippen molar-refractivity contribution in [1.29, 1.82) is 0 Å². The Morgan fingerprint density at radius 3 is 2.19 bits per heavy atom. The van der Waals surface area contributed by atoms with Gasteiger partial charge in [-0.2, -0.15) is 0 Å².